The number of carbonyl (C=O) groups excluding carboxylic acids is 1. The maximum atomic E-state index is 12.8. The molecule has 3 nitrogen and oxygen atoms in total. The molecule has 0 radical (unpaired) electrons. The zero-order valence-corrected chi connectivity index (χ0v) is 10.1. The Morgan fingerprint density at radius 1 is 1.28 bits per heavy atom. The number of halogens is 2. The molecule has 0 saturated carbocycles. The zero-order valence-electron chi connectivity index (χ0n) is 9.36. The van der Waals surface area contributed by atoms with Gasteiger partial charge in [-0.2, -0.15) is 4.39 Å². The molecule has 92 valence electrons. The lowest BCUT2D eigenvalue weighted by molar-refractivity contribution is 0.0950. The van der Waals surface area contributed by atoms with Crippen molar-refractivity contribution in [2.45, 2.75) is 6.54 Å². The van der Waals surface area contributed by atoms with Gasteiger partial charge in [-0.15, -0.1) is 0 Å². The van der Waals surface area contributed by atoms with Gasteiger partial charge in [0.1, 0.15) is 0 Å². The minimum atomic E-state index is -0.672. The molecule has 2 rings (SSSR count). The van der Waals surface area contributed by atoms with Crippen LogP contribution in [0, 0.1) is 5.95 Å². The molecule has 0 aliphatic carbocycles. The molecule has 0 spiro atoms. The fourth-order valence-corrected chi connectivity index (χ4v) is 1.56. The van der Waals surface area contributed by atoms with Crippen LogP contribution in [0.5, 0.6) is 0 Å². The minimum Gasteiger partial charge on any atom is -0.348 e. The highest BCUT2D eigenvalue weighted by molar-refractivity contribution is 6.30. The SMILES string of the molecule is O=C(NCc1ccc(Cl)cc1)c1ccnc(F)c1. The second kappa shape index (κ2) is 5.60. The molecule has 0 unspecified atom stereocenters. The predicted molar refractivity (Wildman–Crippen MR) is 66.8 cm³/mol. The van der Waals surface area contributed by atoms with Gasteiger partial charge < -0.3 is 5.32 Å². The van der Waals surface area contributed by atoms with Crippen molar-refractivity contribution in [3.05, 3.63) is 64.7 Å². The molecule has 1 heterocycles. The summed E-state index contributed by atoms with van der Waals surface area (Å²) in [7, 11) is 0. The molecule has 0 saturated heterocycles. The number of hydrogen-bond donors (Lipinski definition) is 1. The van der Waals surface area contributed by atoms with Gasteiger partial charge in [0.15, 0.2) is 0 Å². The Balaban J connectivity index is 1.98. The van der Waals surface area contributed by atoms with Gasteiger partial charge in [-0.3, -0.25) is 4.79 Å². The second-order valence-electron chi connectivity index (χ2n) is 3.68. The van der Waals surface area contributed by atoms with Crippen LogP contribution in [0.1, 0.15) is 15.9 Å². The summed E-state index contributed by atoms with van der Waals surface area (Å²) >= 11 is 5.75. The minimum absolute atomic E-state index is 0.247. The van der Waals surface area contributed by atoms with Crippen LogP contribution < -0.4 is 5.32 Å². The summed E-state index contributed by atoms with van der Waals surface area (Å²) in [5, 5.41) is 3.33. The molecule has 1 aromatic carbocycles. The van der Waals surface area contributed by atoms with Gasteiger partial charge in [0.2, 0.25) is 5.95 Å². The van der Waals surface area contributed by atoms with E-state index in [0.717, 1.165) is 11.6 Å². The van der Waals surface area contributed by atoms with Gasteiger partial charge >= 0.3 is 0 Å². The standard InChI is InChI=1S/C13H10ClFN2O/c14-11-3-1-9(2-4-11)8-17-13(18)10-5-6-16-12(15)7-10/h1-7H,8H2,(H,17,18). The average Bonchev–Trinajstić information content (AvgIpc) is 2.38. The molecule has 0 aliphatic heterocycles. The first-order valence-corrected chi connectivity index (χ1v) is 5.67. The Morgan fingerprint density at radius 3 is 2.67 bits per heavy atom. The van der Waals surface area contributed by atoms with Gasteiger partial charge in [0.05, 0.1) is 0 Å². The van der Waals surface area contributed by atoms with Crippen molar-refractivity contribution < 1.29 is 9.18 Å². The first-order chi connectivity index (χ1) is 8.65. The Kier molecular flexibility index (Phi) is 3.89. The van der Waals surface area contributed by atoms with Crippen LogP contribution in [0.15, 0.2) is 42.6 Å². The number of nitrogens with one attached hydrogen (secondary N) is 1. The van der Waals surface area contributed by atoms with Crippen LogP contribution in [0.2, 0.25) is 5.02 Å². The molecule has 0 bridgehead atoms. The zero-order chi connectivity index (χ0) is 13.0. The Labute approximate surface area is 109 Å². The Morgan fingerprint density at radius 2 is 2.00 bits per heavy atom. The van der Waals surface area contributed by atoms with E-state index in [2.05, 4.69) is 10.3 Å². The highest BCUT2D eigenvalue weighted by Crippen LogP contribution is 2.09. The molecule has 0 aliphatic rings. The molecule has 1 aromatic heterocycles. The third kappa shape index (κ3) is 3.28. The van der Waals surface area contributed by atoms with E-state index in [9.17, 15) is 9.18 Å². The lowest BCUT2D eigenvalue weighted by Gasteiger charge is -2.05. The first kappa shape index (κ1) is 12.5. The van der Waals surface area contributed by atoms with Gasteiger partial charge in [-0.05, 0) is 23.8 Å². The number of nitrogens with zero attached hydrogens (tertiary/aromatic N) is 1. The fraction of sp³-hybridized carbons (Fsp3) is 0.0769. The third-order valence-corrected chi connectivity index (χ3v) is 2.61. The van der Waals surface area contributed by atoms with E-state index >= 15 is 0 Å². The maximum Gasteiger partial charge on any atom is 0.251 e. The number of aromatic nitrogens is 1. The molecule has 1 N–H and O–H groups in total. The summed E-state index contributed by atoms with van der Waals surface area (Å²) in [5.41, 5.74) is 1.17. The number of pyridine rings is 1. The molecule has 0 fully saturated rings. The average molecular weight is 265 g/mol. The number of carbonyl (C=O) groups is 1. The Bertz CT molecular complexity index is 557. The summed E-state index contributed by atoms with van der Waals surface area (Å²) in [6, 6.07) is 9.67. The van der Waals surface area contributed by atoms with Crippen LogP contribution >= 0.6 is 11.6 Å². The first-order valence-electron chi connectivity index (χ1n) is 5.29. The second-order valence-corrected chi connectivity index (χ2v) is 4.11. The summed E-state index contributed by atoms with van der Waals surface area (Å²) in [6.07, 6.45) is 1.26. The molecular weight excluding hydrogens is 255 g/mol. The topological polar surface area (TPSA) is 42.0 Å². The summed E-state index contributed by atoms with van der Waals surface area (Å²) < 4.78 is 12.8. The van der Waals surface area contributed by atoms with Gasteiger partial charge in [-0.1, -0.05) is 23.7 Å². The van der Waals surface area contributed by atoms with E-state index in [0.29, 0.717) is 11.6 Å². The van der Waals surface area contributed by atoms with E-state index in [4.69, 9.17) is 11.6 Å². The maximum absolute atomic E-state index is 12.8. The molecule has 2 aromatic rings. The lowest BCUT2D eigenvalue weighted by Crippen LogP contribution is -2.22. The highest BCUT2D eigenvalue weighted by atomic mass is 35.5. The monoisotopic (exact) mass is 264 g/mol. The largest absolute Gasteiger partial charge is 0.348 e. The van der Waals surface area contributed by atoms with E-state index in [1.165, 1.54) is 12.3 Å². The van der Waals surface area contributed by atoms with Crippen molar-refractivity contribution in [2.24, 2.45) is 0 Å². The number of hydrogen-bond acceptors (Lipinski definition) is 2. The van der Waals surface area contributed by atoms with E-state index < -0.39 is 5.95 Å². The number of benzene rings is 1. The normalized spacial score (nSPS) is 10.1. The van der Waals surface area contributed by atoms with Gasteiger partial charge in [0.25, 0.3) is 5.91 Å². The van der Waals surface area contributed by atoms with Crippen molar-refractivity contribution in [1.29, 1.82) is 0 Å². The van der Waals surface area contributed by atoms with E-state index in [1.54, 1.807) is 12.1 Å². The summed E-state index contributed by atoms with van der Waals surface area (Å²) in [4.78, 5) is 15.1. The van der Waals surface area contributed by atoms with Crippen molar-refractivity contribution >= 4 is 17.5 Å². The van der Waals surface area contributed by atoms with Crippen LogP contribution in [0.3, 0.4) is 0 Å². The molecule has 1 amide bonds. The molecule has 18 heavy (non-hydrogen) atoms. The van der Waals surface area contributed by atoms with Crippen LogP contribution in [0.25, 0.3) is 0 Å². The molecule has 5 heteroatoms. The smallest absolute Gasteiger partial charge is 0.251 e. The number of amides is 1. The van der Waals surface area contributed by atoms with Crippen molar-refractivity contribution in [2.75, 3.05) is 0 Å². The molecular formula is C13H10ClFN2O. The Hall–Kier alpha value is -1.94. The van der Waals surface area contributed by atoms with Gasteiger partial charge in [0, 0.05) is 29.4 Å². The van der Waals surface area contributed by atoms with Crippen molar-refractivity contribution in [3.8, 4) is 0 Å². The van der Waals surface area contributed by atoms with Crippen LogP contribution in [-0.2, 0) is 6.54 Å². The van der Waals surface area contributed by atoms with E-state index in [1.807, 2.05) is 12.1 Å². The lowest BCUT2D eigenvalue weighted by atomic mass is 10.2. The fourth-order valence-electron chi connectivity index (χ4n) is 1.43. The van der Waals surface area contributed by atoms with Crippen molar-refractivity contribution in [3.63, 3.8) is 0 Å². The predicted octanol–water partition coefficient (Wildman–Crippen LogP) is 2.80. The third-order valence-electron chi connectivity index (χ3n) is 2.36. The molecule has 0 atom stereocenters. The quantitative estimate of drug-likeness (QED) is 0.866. The van der Waals surface area contributed by atoms with E-state index in [-0.39, 0.29) is 11.5 Å². The summed E-state index contributed by atoms with van der Waals surface area (Å²) in [5.74, 6) is -1.01. The number of rotatable bonds is 3. The highest BCUT2D eigenvalue weighted by Gasteiger charge is 2.06. The van der Waals surface area contributed by atoms with Crippen LogP contribution in [-0.4, -0.2) is 10.9 Å². The van der Waals surface area contributed by atoms with Crippen LogP contribution in [0.4, 0.5) is 4.39 Å². The van der Waals surface area contributed by atoms with Gasteiger partial charge in [-0.25, -0.2) is 4.98 Å². The van der Waals surface area contributed by atoms with Crippen molar-refractivity contribution in [1.82, 2.24) is 10.3 Å². The summed E-state index contributed by atoms with van der Waals surface area (Å²) in [6.45, 7) is 0.361.